The van der Waals surface area contributed by atoms with Crippen molar-refractivity contribution in [2.24, 2.45) is 0 Å². The van der Waals surface area contributed by atoms with Crippen molar-refractivity contribution in [3.63, 3.8) is 0 Å². The summed E-state index contributed by atoms with van der Waals surface area (Å²) < 4.78 is 7.02. The molecule has 2 aromatic heterocycles. The fraction of sp³-hybridized carbons (Fsp3) is 0.350. The Morgan fingerprint density at radius 1 is 1.31 bits per heavy atom. The van der Waals surface area contributed by atoms with Crippen molar-refractivity contribution in [2.45, 2.75) is 39.2 Å². The van der Waals surface area contributed by atoms with E-state index in [1.807, 2.05) is 24.3 Å². The van der Waals surface area contributed by atoms with E-state index in [1.165, 1.54) is 12.0 Å². The first-order valence-electron chi connectivity index (χ1n) is 8.94. The lowest BCUT2D eigenvalue weighted by molar-refractivity contribution is 0.0952. The molecule has 0 atom stereocenters. The molecule has 0 aliphatic heterocycles. The lowest BCUT2D eigenvalue weighted by Crippen LogP contribution is -2.23. The van der Waals surface area contributed by atoms with E-state index in [4.69, 9.17) is 9.72 Å². The third kappa shape index (κ3) is 2.92. The Morgan fingerprint density at radius 2 is 2.15 bits per heavy atom. The SMILES string of the molecule is COc1cccc(CNC(=O)c2cnn3c(C)c4c(nc23)CCCC4)c1. The first-order chi connectivity index (χ1) is 12.7. The Balaban J connectivity index is 1.60. The lowest BCUT2D eigenvalue weighted by atomic mass is 9.95. The standard InChI is InChI=1S/C20H22N4O2/c1-13-16-8-3-4-9-18(16)23-19-17(12-22-24(13)19)20(25)21-11-14-6-5-7-15(10-14)26-2/h5-7,10,12H,3-4,8-9,11H2,1-2H3,(H,21,25). The molecule has 0 saturated carbocycles. The molecule has 134 valence electrons. The molecular formula is C20H22N4O2. The molecule has 4 rings (SSSR count). The highest BCUT2D eigenvalue weighted by Crippen LogP contribution is 2.24. The molecule has 0 fully saturated rings. The number of hydrogen-bond donors (Lipinski definition) is 1. The van der Waals surface area contributed by atoms with Gasteiger partial charge in [0.25, 0.3) is 5.91 Å². The molecule has 3 aromatic rings. The number of carbonyl (C=O) groups excluding carboxylic acids is 1. The summed E-state index contributed by atoms with van der Waals surface area (Å²) in [7, 11) is 1.63. The van der Waals surface area contributed by atoms with Crippen LogP contribution in [0.25, 0.3) is 5.65 Å². The monoisotopic (exact) mass is 350 g/mol. The summed E-state index contributed by atoms with van der Waals surface area (Å²) in [6.45, 7) is 2.49. The molecule has 1 N–H and O–H groups in total. The molecule has 0 spiro atoms. The van der Waals surface area contributed by atoms with Gasteiger partial charge in [0.05, 0.1) is 13.3 Å². The van der Waals surface area contributed by atoms with Crippen molar-refractivity contribution in [3.8, 4) is 5.75 Å². The van der Waals surface area contributed by atoms with Gasteiger partial charge in [-0.05, 0) is 55.9 Å². The van der Waals surface area contributed by atoms with Crippen molar-refractivity contribution in [1.29, 1.82) is 0 Å². The Morgan fingerprint density at radius 3 is 3.00 bits per heavy atom. The summed E-state index contributed by atoms with van der Waals surface area (Å²) in [5, 5.41) is 7.36. The number of fused-ring (bicyclic) bond motifs is 2. The number of aryl methyl sites for hydroxylation is 2. The number of carbonyl (C=O) groups is 1. The molecule has 2 heterocycles. The fourth-order valence-corrected chi connectivity index (χ4v) is 3.57. The number of amides is 1. The Kier molecular flexibility index (Phi) is 4.32. The topological polar surface area (TPSA) is 68.5 Å². The molecule has 0 bridgehead atoms. The van der Waals surface area contributed by atoms with Crippen molar-refractivity contribution in [3.05, 3.63) is 58.5 Å². The van der Waals surface area contributed by atoms with Gasteiger partial charge in [-0.1, -0.05) is 12.1 Å². The number of rotatable bonds is 4. The zero-order valence-corrected chi connectivity index (χ0v) is 15.1. The van der Waals surface area contributed by atoms with Crippen molar-refractivity contribution < 1.29 is 9.53 Å². The van der Waals surface area contributed by atoms with Gasteiger partial charge in [-0.2, -0.15) is 5.10 Å². The van der Waals surface area contributed by atoms with Crippen LogP contribution in [0.3, 0.4) is 0 Å². The zero-order chi connectivity index (χ0) is 18.1. The van der Waals surface area contributed by atoms with Crippen LogP contribution in [0.4, 0.5) is 0 Å². The van der Waals surface area contributed by atoms with Crippen molar-refractivity contribution >= 4 is 11.6 Å². The molecular weight excluding hydrogens is 328 g/mol. The molecule has 6 heteroatoms. The van der Waals surface area contributed by atoms with Crippen LogP contribution < -0.4 is 10.1 Å². The Labute approximate surface area is 152 Å². The maximum Gasteiger partial charge on any atom is 0.257 e. The highest BCUT2D eigenvalue weighted by atomic mass is 16.5. The average Bonchev–Trinajstić information content (AvgIpc) is 3.11. The summed E-state index contributed by atoms with van der Waals surface area (Å²) in [5.41, 5.74) is 5.64. The van der Waals surface area contributed by atoms with E-state index in [0.717, 1.165) is 42.0 Å². The van der Waals surface area contributed by atoms with Gasteiger partial charge in [-0.3, -0.25) is 4.79 Å². The van der Waals surface area contributed by atoms with E-state index in [-0.39, 0.29) is 5.91 Å². The van der Waals surface area contributed by atoms with Crippen molar-refractivity contribution in [2.75, 3.05) is 7.11 Å². The fourth-order valence-electron chi connectivity index (χ4n) is 3.57. The molecule has 6 nitrogen and oxygen atoms in total. The van der Waals surface area contributed by atoms with Crippen LogP contribution in [-0.4, -0.2) is 27.6 Å². The van der Waals surface area contributed by atoms with Gasteiger partial charge in [0.15, 0.2) is 5.65 Å². The van der Waals surface area contributed by atoms with Gasteiger partial charge in [0.2, 0.25) is 0 Å². The van der Waals surface area contributed by atoms with Gasteiger partial charge in [-0.25, -0.2) is 9.50 Å². The lowest BCUT2D eigenvalue weighted by Gasteiger charge is -2.17. The van der Waals surface area contributed by atoms with Crippen LogP contribution >= 0.6 is 0 Å². The minimum absolute atomic E-state index is 0.162. The molecule has 0 radical (unpaired) electrons. The van der Waals surface area contributed by atoms with Crippen LogP contribution in [0.5, 0.6) is 5.75 Å². The highest BCUT2D eigenvalue weighted by molar-refractivity contribution is 5.99. The minimum atomic E-state index is -0.162. The highest BCUT2D eigenvalue weighted by Gasteiger charge is 2.21. The molecule has 0 unspecified atom stereocenters. The summed E-state index contributed by atoms with van der Waals surface area (Å²) in [6.07, 6.45) is 5.98. The van der Waals surface area contributed by atoms with Crippen LogP contribution in [0.1, 0.15) is 45.7 Å². The second-order valence-corrected chi connectivity index (χ2v) is 6.66. The quantitative estimate of drug-likeness (QED) is 0.786. The molecule has 0 saturated heterocycles. The van der Waals surface area contributed by atoms with Crippen LogP contribution in [-0.2, 0) is 19.4 Å². The van der Waals surface area contributed by atoms with Crippen molar-refractivity contribution in [1.82, 2.24) is 19.9 Å². The number of benzene rings is 1. The van der Waals surface area contributed by atoms with E-state index >= 15 is 0 Å². The van der Waals surface area contributed by atoms with E-state index in [9.17, 15) is 4.79 Å². The molecule has 1 amide bonds. The van der Waals surface area contributed by atoms with E-state index in [1.54, 1.807) is 17.8 Å². The second-order valence-electron chi connectivity index (χ2n) is 6.66. The third-order valence-electron chi connectivity index (χ3n) is 5.01. The number of ether oxygens (including phenoxy) is 1. The van der Waals surface area contributed by atoms with Gasteiger partial charge < -0.3 is 10.1 Å². The maximum absolute atomic E-state index is 12.7. The number of methoxy groups -OCH3 is 1. The van der Waals surface area contributed by atoms with Crippen LogP contribution in [0.2, 0.25) is 0 Å². The number of aromatic nitrogens is 3. The minimum Gasteiger partial charge on any atom is -0.497 e. The number of nitrogens with zero attached hydrogens (tertiary/aromatic N) is 3. The first kappa shape index (κ1) is 16.6. The Bertz CT molecular complexity index is 977. The largest absolute Gasteiger partial charge is 0.497 e. The summed E-state index contributed by atoms with van der Waals surface area (Å²) in [4.78, 5) is 17.5. The summed E-state index contributed by atoms with van der Waals surface area (Å²) >= 11 is 0. The van der Waals surface area contributed by atoms with Crippen LogP contribution in [0.15, 0.2) is 30.5 Å². The van der Waals surface area contributed by atoms with E-state index in [2.05, 4.69) is 17.3 Å². The number of hydrogen-bond acceptors (Lipinski definition) is 4. The predicted octanol–water partition coefficient (Wildman–Crippen LogP) is 2.86. The molecule has 26 heavy (non-hydrogen) atoms. The third-order valence-corrected chi connectivity index (χ3v) is 5.01. The zero-order valence-electron chi connectivity index (χ0n) is 15.1. The maximum atomic E-state index is 12.7. The molecule has 1 aliphatic rings. The smallest absolute Gasteiger partial charge is 0.257 e. The van der Waals surface area contributed by atoms with Crippen LogP contribution in [0, 0.1) is 6.92 Å². The summed E-state index contributed by atoms with van der Waals surface area (Å²) in [5.74, 6) is 0.613. The van der Waals surface area contributed by atoms with Gasteiger partial charge >= 0.3 is 0 Å². The second kappa shape index (κ2) is 6.78. The van der Waals surface area contributed by atoms with Gasteiger partial charge in [0, 0.05) is 17.9 Å². The van der Waals surface area contributed by atoms with E-state index < -0.39 is 0 Å². The molecule has 1 aliphatic carbocycles. The summed E-state index contributed by atoms with van der Waals surface area (Å²) in [6, 6.07) is 7.66. The first-order valence-corrected chi connectivity index (χ1v) is 8.94. The normalized spacial score (nSPS) is 13.5. The predicted molar refractivity (Wildman–Crippen MR) is 98.5 cm³/mol. The molecule has 1 aromatic carbocycles. The average molecular weight is 350 g/mol. The number of nitrogens with one attached hydrogen (secondary N) is 1. The van der Waals surface area contributed by atoms with E-state index in [0.29, 0.717) is 17.8 Å². The Hall–Kier alpha value is -2.89. The van der Waals surface area contributed by atoms with Gasteiger partial charge in [-0.15, -0.1) is 0 Å². The van der Waals surface area contributed by atoms with Gasteiger partial charge in [0.1, 0.15) is 11.3 Å².